The van der Waals surface area contributed by atoms with Gasteiger partial charge in [0.25, 0.3) is 0 Å². The highest BCUT2D eigenvalue weighted by Gasteiger charge is 2.08. The summed E-state index contributed by atoms with van der Waals surface area (Å²) in [5.41, 5.74) is 1.36. The Morgan fingerprint density at radius 3 is 2.77 bits per heavy atom. The highest BCUT2D eigenvalue weighted by Crippen LogP contribution is 2.29. The Hall–Kier alpha value is -3.15. The number of benzene rings is 2. The van der Waals surface area contributed by atoms with Crippen LogP contribution in [0.4, 0.5) is 11.5 Å². The first-order valence-electron chi connectivity index (χ1n) is 6.55. The normalized spacial score (nSPS) is 10.4. The van der Waals surface area contributed by atoms with E-state index in [-0.39, 0.29) is 5.56 Å². The molecule has 2 aromatic carbocycles. The minimum atomic E-state index is -1.24. The first-order valence-corrected chi connectivity index (χ1v) is 6.55. The molecule has 1 heterocycles. The molecule has 6 heteroatoms. The number of nitrogens with zero attached hydrogens (tertiary/aromatic N) is 2. The Morgan fingerprint density at radius 2 is 2.00 bits per heavy atom. The van der Waals surface area contributed by atoms with Crippen LogP contribution < -0.4 is 15.2 Å². The summed E-state index contributed by atoms with van der Waals surface area (Å²) in [5.74, 6) is 0.0137. The summed E-state index contributed by atoms with van der Waals surface area (Å²) in [7, 11) is 1.59. The molecule has 0 bridgehead atoms. The molecule has 0 atom stereocenters. The van der Waals surface area contributed by atoms with Gasteiger partial charge in [-0.2, -0.15) is 0 Å². The molecule has 0 aliphatic rings. The number of anilines is 2. The predicted molar refractivity (Wildman–Crippen MR) is 80.1 cm³/mol. The van der Waals surface area contributed by atoms with Crippen LogP contribution in [0.15, 0.2) is 48.8 Å². The van der Waals surface area contributed by atoms with Crippen molar-refractivity contribution in [1.29, 1.82) is 0 Å². The molecule has 6 nitrogen and oxygen atoms in total. The summed E-state index contributed by atoms with van der Waals surface area (Å²) in [5, 5.41) is 14.8. The van der Waals surface area contributed by atoms with Crippen LogP contribution in [0.1, 0.15) is 10.4 Å². The van der Waals surface area contributed by atoms with Gasteiger partial charge in [-0.15, -0.1) is 0 Å². The maximum absolute atomic E-state index is 10.9. The van der Waals surface area contributed by atoms with Crippen molar-refractivity contribution in [2.75, 3.05) is 12.4 Å². The summed E-state index contributed by atoms with van der Waals surface area (Å²) < 4.78 is 5.29. The Labute approximate surface area is 126 Å². The molecular weight excluding hydrogens is 282 g/mol. The molecule has 1 aromatic heterocycles. The number of hydrogen-bond acceptors (Lipinski definition) is 6. The molecule has 1 N–H and O–H groups in total. The lowest BCUT2D eigenvalue weighted by Gasteiger charge is -2.12. The van der Waals surface area contributed by atoms with Crippen molar-refractivity contribution in [3.8, 4) is 5.75 Å². The Balaban J connectivity index is 2.06. The van der Waals surface area contributed by atoms with Crippen LogP contribution in [0.5, 0.6) is 5.75 Å². The van der Waals surface area contributed by atoms with Gasteiger partial charge in [0.05, 0.1) is 24.3 Å². The molecule has 3 aromatic rings. The maximum atomic E-state index is 10.9. The quantitative estimate of drug-likeness (QED) is 0.788. The first kappa shape index (κ1) is 13.8. The van der Waals surface area contributed by atoms with Gasteiger partial charge in [-0.05, 0) is 29.8 Å². The summed E-state index contributed by atoms with van der Waals surface area (Å²) in [6, 6.07) is 12.0. The Morgan fingerprint density at radius 1 is 1.18 bits per heavy atom. The van der Waals surface area contributed by atoms with E-state index in [1.54, 1.807) is 13.2 Å². The van der Waals surface area contributed by atoms with Crippen molar-refractivity contribution in [2.24, 2.45) is 0 Å². The topological polar surface area (TPSA) is 87.2 Å². The number of rotatable bonds is 4. The molecule has 0 unspecified atom stereocenters. The average molecular weight is 294 g/mol. The van der Waals surface area contributed by atoms with Crippen LogP contribution in [0.3, 0.4) is 0 Å². The third kappa shape index (κ3) is 2.54. The first-order chi connectivity index (χ1) is 10.7. The highest BCUT2D eigenvalue weighted by molar-refractivity contribution is 5.96. The zero-order valence-corrected chi connectivity index (χ0v) is 11.7. The van der Waals surface area contributed by atoms with E-state index in [0.717, 1.165) is 5.69 Å². The zero-order chi connectivity index (χ0) is 15.5. The number of aromatic carboxylic acids is 1. The third-order valence-electron chi connectivity index (χ3n) is 3.23. The van der Waals surface area contributed by atoms with Crippen molar-refractivity contribution < 1.29 is 14.6 Å². The summed E-state index contributed by atoms with van der Waals surface area (Å²) in [4.78, 5) is 19.2. The standard InChI is InChI=1S/C16H13N3O3/c1-22-14-5-3-2-4-12(14)19-15-11-7-6-10(16(20)21)8-13(11)17-9-18-15/h2-9H,1H3,(H,20,21)(H,17,18,19)/p-1. The third-order valence-corrected chi connectivity index (χ3v) is 3.23. The fourth-order valence-electron chi connectivity index (χ4n) is 2.16. The number of carbonyl (C=O) groups is 1. The van der Waals surface area contributed by atoms with E-state index in [9.17, 15) is 9.90 Å². The molecule has 0 radical (unpaired) electrons. The van der Waals surface area contributed by atoms with E-state index in [1.165, 1.54) is 18.5 Å². The number of nitrogens with one attached hydrogen (secondary N) is 1. The summed E-state index contributed by atoms with van der Waals surface area (Å²) in [6.45, 7) is 0. The van der Waals surface area contributed by atoms with Crippen molar-refractivity contribution in [2.45, 2.75) is 0 Å². The second-order valence-electron chi connectivity index (χ2n) is 4.57. The number of hydrogen-bond donors (Lipinski definition) is 1. The molecule has 0 spiro atoms. The number of aromatic nitrogens is 2. The molecule has 22 heavy (non-hydrogen) atoms. The van der Waals surface area contributed by atoms with Crippen LogP contribution in [0.25, 0.3) is 10.9 Å². The van der Waals surface area contributed by atoms with Crippen molar-refractivity contribution >= 4 is 28.4 Å². The van der Waals surface area contributed by atoms with Gasteiger partial charge in [0.2, 0.25) is 0 Å². The van der Waals surface area contributed by atoms with Crippen molar-refractivity contribution in [1.82, 2.24) is 9.97 Å². The highest BCUT2D eigenvalue weighted by atomic mass is 16.5. The predicted octanol–water partition coefficient (Wildman–Crippen LogP) is 1.75. The van der Waals surface area contributed by atoms with Crippen LogP contribution in [0, 0.1) is 0 Å². The van der Waals surface area contributed by atoms with Crippen LogP contribution in [-0.2, 0) is 0 Å². The molecule has 0 amide bonds. The van der Waals surface area contributed by atoms with E-state index in [4.69, 9.17) is 4.74 Å². The fraction of sp³-hybridized carbons (Fsp3) is 0.0625. The van der Waals surface area contributed by atoms with Gasteiger partial charge < -0.3 is 20.0 Å². The van der Waals surface area contributed by atoms with Gasteiger partial charge in [0.1, 0.15) is 17.9 Å². The molecule has 3 rings (SSSR count). The molecule has 0 saturated heterocycles. The van der Waals surface area contributed by atoms with E-state index >= 15 is 0 Å². The monoisotopic (exact) mass is 294 g/mol. The van der Waals surface area contributed by atoms with Gasteiger partial charge in [0.15, 0.2) is 0 Å². The van der Waals surface area contributed by atoms with Crippen LogP contribution in [0.2, 0.25) is 0 Å². The van der Waals surface area contributed by atoms with Gasteiger partial charge in [-0.1, -0.05) is 18.2 Å². The summed E-state index contributed by atoms with van der Waals surface area (Å²) >= 11 is 0. The number of carboxylic acid groups (broad SMARTS) is 1. The smallest absolute Gasteiger partial charge is 0.142 e. The minimum absolute atomic E-state index is 0.0782. The largest absolute Gasteiger partial charge is 0.545 e. The number of ether oxygens (including phenoxy) is 1. The van der Waals surface area contributed by atoms with E-state index in [2.05, 4.69) is 15.3 Å². The van der Waals surface area contributed by atoms with Gasteiger partial charge in [0, 0.05) is 5.39 Å². The minimum Gasteiger partial charge on any atom is -0.545 e. The second-order valence-corrected chi connectivity index (χ2v) is 4.57. The molecule has 0 fully saturated rings. The van der Waals surface area contributed by atoms with E-state index in [1.807, 2.05) is 24.3 Å². The SMILES string of the molecule is COc1ccccc1Nc1ncnc2cc(C(=O)[O-])ccc12. The van der Waals surface area contributed by atoms with Gasteiger partial charge in [-0.3, -0.25) is 0 Å². The molecular formula is C16H12N3O3-. The van der Waals surface area contributed by atoms with E-state index in [0.29, 0.717) is 22.5 Å². The number of carbonyl (C=O) groups excluding carboxylic acids is 1. The Bertz CT molecular complexity index is 849. The Kier molecular flexibility index (Phi) is 3.57. The number of carboxylic acids is 1. The fourth-order valence-corrected chi connectivity index (χ4v) is 2.16. The van der Waals surface area contributed by atoms with Crippen molar-refractivity contribution in [3.63, 3.8) is 0 Å². The summed E-state index contributed by atoms with van der Waals surface area (Å²) in [6.07, 6.45) is 1.37. The lowest BCUT2D eigenvalue weighted by atomic mass is 10.1. The van der Waals surface area contributed by atoms with Crippen molar-refractivity contribution in [3.05, 3.63) is 54.4 Å². The van der Waals surface area contributed by atoms with Crippen LogP contribution in [-0.4, -0.2) is 23.0 Å². The van der Waals surface area contributed by atoms with E-state index < -0.39 is 5.97 Å². The number of para-hydroxylation sites is 2. The lowest BCUT2D eigenvalue weighted by Crippen LogP contribution is -2.22. The average Bonchev–Trinajstić information content (AvgIpc) is 2.55. The number of fused-ring (bicyclic) bond motifs is 1. The van der Waals surface area contributed by atoms with Gasteiger partial charge in [-0.25, -0.2) is 9.97 Å². The van der Waals surface area contributed by atoms with Crippen LogP contribution >= 0.6 is 0 Å². The molecule has 0 aliphatic heterocycles. The molecule has 0 aliphatic carbocycles. The maximum Gasteiger partial charge on any atom is 0.142 e. The molecule has 110 valence electrons. The van der Waals surface area contributed by atoms with Gasteiger partial charge >= 0.3 is 0 Å². The molecule has 0 saturated carbocycles. The second kappa shape index (κ2) is 5.69. The number of methoxy groups -OCH3 is 1. The zero-order valence-electron chi connectivity index (χ0n) is 11.7. The lowest BCUT2D eigenvalue weighted by molar-refractivity contribution is -0.255.